The number of para-hydroxylation sites is 1. The van der Waals surface area contributed by atoms with E-state index in [2.05, 4.69) is 152 Å². The van der Waals surface area contributed by atoms with E-state index in [1.54, 1.807) is 0 Å². The molecule has 2 aliphatic rings. The molecule has 2 atom stereocenters. The Hall–Kier alpha value is -5.74. The van der Waals surface area contributed by atoms with Gasteiger partial charge in [-0.25, -0.2) is 0 Å². The summed E-state index contributed by atoms with van der Waals surface area (Å²) in [5.74, 6) is -0.316. The molecule has 2 aliphatic heterocycles. The molecule has 2 fully saturated rings. The largest absolute Gasteiger partial charge is 0.425 e. The second kappa shape index (κ2) is 17.2. The Morgan fingerprint density at radius 3 is 1.16 bits per heavy atom. The number of rotatable bonds is 10. The normalized spacial score (nSPS) is 19.0. The molecule has 62 heavy (non-hydrogen) atoms. The Morgan fingerprint density at radius 1 is 0.419 bits per heavy atom. The monoisotopic (exact) mass is 848 g/mol. The number of ether oxygens (including phenoxy) is 2. The highest BCUT2D eigenvalue weighted by Crippen LogP contribution is 2.65. The van der Waals surface area contributed by atoms with Gasteiger partial charge in [-0.1, -0.05) is 231 Å². The first kappa shape index (κ1) is 40.3. The average molecular weight is 849 g/mol. The van der Waals surface area contributed by atoms with Gasteiger partial charge in [0.05, 0.1) is 0 Å². The molecular weight excluding hydrogens is 803 g/mol. The highest BCUT2D eigenvalue weighted by Gasteiger charge is 2.67. The number of fused-ring (bicyclic) bond motifs is 1. The van der Waals surface area contributed by atoms with Crippen LogP contribution in [0.4, 0.5) is 0 Å². The van der Waals surface area contributed by atoms with Crippen molar-refractivity contribution in [2.75, 3.05) is 0 Å². The molecule has 0 bridgehead atoms. The van der Waals surface area contributed by atoms with Gasteiger partial charge in [-0.15, -0.1) is 0 Å². The molecular formula is C55H46O5P2. The van der Waals surface area contributed by atoms with Crippen molar-refractivity contribution in [1.29, 1.82) is 0 Å². The fourth-order valence-corrected chi connectivity index (χ4v) is 13.0. The van der Waals surface area contributed by atoms with Crippen LogP contribution in [-0.4, -0.2) is 18.0 Å². The van der Waals surface area contributed by atoms with Gasteiger partial charge < -0.3 is 14.0 Å². The molecule has 306 valence electrons. The van der Waals surface area contributed by atoms with Crippen LogP contribution < -0.4 is 20.4 Å². The third kappa shape index (κ3) is 7.40. The SMILES string of the molecule is CC1(C)O[C@@H]2[C@@H](O1)C(c1ccccc1)(c1ccccc1)OP(Oc1c(-c3ccccc3)cccc1P(c1ccccc1)c1ccccc1)OC2(c1ccccc1)c1ccccc1. The summed E-state index contributed by atoms with van der Waals surface area (Å²) < 4.78 is 37.9. The van der Waals surface area contributed by atoms with Crippen LogP contribution in [-0.2, 0) is 29.7 Å². The standard InChI is InChI=1S/C55H46O5P2/c1-53(2)56-51-52(57-53)55(44-31-16-6-17-32-44,45-33-18-7-19-34-45)60-62(59-54(51,42-27-12-4-13-28-42)43-29-14-5-15-30-43)58-50-48(41-25-10-3-11-26-41)39-24-40-49(50)61(46-35-20-8-21-36-46)47-37-22-9-23-38-47/h3-40,51-52H,1-2H3/t51-,52-/m1/s1. The number of hydrogen-bond acceptors (Lipinski definition) is 5. The first-order valence-electron chi connectivity index (χ1n) is 21.0. The highest BCUT2D eigenvalue weighted by atomic mass is 31.2. The summed E-state index contributed by atoms with van der Waals surface area (Å²) in [5, 5.41) is 3.44. The van der Waals surface area contributed by atoms with Crippen molar-refractivity contribution in [3.63, 3.8) is 0 Å². The van der Waals surface area contributed by atoms with E-state index >= 15 is 0 Å². The zero-order chi connectivity index (χ0) is 42.0. The van der Waals surface area contributed by atoms with Gasteiger partial charge in [-0.3, -0.25) is 9.05 Å². The van der Waals surface area contributed by atoms with Crippen LogP contribution in [0.2, 0.25) is 0 Å². The lowest BCUT2D eigenvalue weighted by molar-refractivity contribution is -0.175. The summed E-state index contributed by atoms with van der Waals surface area (Å²) in [6.07, 6.45) is -1.46. The van der Waals surface area contributed by atoms with E-state index in [0.29, 0.717) is 5.75 Å². The van der Waals surface area contributed by atoms with E-state index in [4.69, 9.17) is 23.0 Å². The minimum atomic E-state index is -2.34. The third-order valence-electron chi connectivity index (χ3n) is 11.7. The average Bonchev–Trinajstić information content (AvgIpc) is 3.62. The quantitative estimate of drug-likeness (QED) is 0.128. The Labute approximate surface area is 366 Å². The molecule has 0 N–H and O–H groups in total. The summed E-state index contributed by atoms with van der Waals surface area (Å²) in [5.41, 5.74) is 2.99. The Morgan fingerprint density at radius 2 is 0.774 bits per heavy atom. The lowest BCUT2D eigenvalue weighted by Gasteiger charge is -2.41. The van der Waals surface area contributed by atoms with Crippen LogP contribution in [0.25, 0.3) is 11.1 Å². The van der Waals surface area contributed by atoms with E-state index in [9.17, 15) is 0 Å². The number of hydrogen-bond donors (Lipinski definition) is 0. The van der Waals surface area contributed by atoms with Crippen molar-refractivity contribution >= 4 is 32.4 Å². The van der Waals surface area contributed by atoms with Gasteiger partial charge in [-0.2, -0.15) is 0 Å². The van der Waals surface area contributed by atoms with Crippen molar-refractivity contribution in [3.8, 4) is 16.9 Å². The van der Waals surface area contributed by atoms with Crippen LogP contribution in [0.5, 0.6) is 5.75 Å². The molecule has 0 spiro atoms. The molecule has 7 heteroatoms. The fourth-order valence-electron chi connectivity index (χ4n) is 8.99. The van der Waals surface area contributed by atoms with E-state index in [-0.39, 0.29) is 0 Å². The molecule has 0 aromatic heterocycles. The van der Waals surface area contributed by atoms with Gasteiger partial charge in [0.1, 0.15) is 18.0 Å². The molecule has 2 heterocycles. The number of benzene rings is 8. The summed E-state index contributed by atoms with van der Waals surface area (Å²) in [4.78, 5) is 0. The summed E-state index contributed by atoms with van der Waals surface area (Å²) >= 11 is 0. The van der Waals surface area contributed by atoms with Gasteiger partial charge in [0.15, 0.2) is 17.0 Å². The smallest absolute Gasteiger partial charge is 0.399 e. The van der Waals surface area contributed by atoms with E-state index in [1.165, 1.54) is 10.6 Å². The third-order valence-corrected chi connectivity index (χ3v) is 15.3. The first-order chi connectivity index (χ1) is 30.5. The summed E-state index contributed by atoms with van der Waals surface area (Å²) in [6.45, 7) is 3.94. The molecule has 5 nitrogen and oxygen atoms in total. The molecule has 10 rings (SSSR count). The summed E-state index contributed by atoms with van der Waals surface area (Å²) in [7, 11) is -3.46. The highest BCUT2D eigenvalue weighted by molar-refractivity contribution is 7.80. The first-order valence-corrected chi connectivity index (χ1v) is 23.4. The van der Waals surface area contributed by atoms with E-state index in [0.717, 1.165) is 38.7 Å². The minimum absolute atomic E-state index is 0.697. The Balaban J connectivity index is 1.27. The summed E-state index contributed by atoms with van der Waals surface area (Å²) in [6, 6.07) is 79.7. The fraction of sp³-hybridized carbons (Fsp3) is 0.127. The molecule has 0 saturated carbocycles. The lowest BCUT2D eigenvalue weighted by atomic mass is 9.72. The molecule has 2 saturated heterocycles. The van der Waals surface area contributed by atoms with Crippen LogP contribution >= 0.6 is 16.5 Å². The molecule has 0 unspecified atom stereocenters. The van der Waals surface area contributed by atoms with E-state index in [1.807, 2.05) is 92.7 Å². The zero-order valence-electron chi connectivity index (χ0n) is 34.5. The van der Waals surface area contributed by atoms with Crippen molar-refractivity contribution < 1.29 is 23.0 Å². The minimum Gasteiger partial charge on any atom is -0.425 e. The van der Waals surface area contributed by atoms with E-state index < -0.39 is 45.7 Å². The Bertz CT molecular complexity index is 2480. The predicted octanol–water partition coefficient (Wildman–Crippen LogP) is 12.2. The molecule has 0 amide bonds. The lowest BCUT2D eigenvalue weighted by Crippen LogP contribution is -2.53. The molecule has 0 radical (unpaired) electrons. The molecule has 8 aromatic carbocycles. The topological polar surface area (TPSA) is 46.2 Å². The maximum absolute atomic E-state index is 7.84. The van der Waals surface area contributed by atoms with Gasteiger partial charge in [0.2, 0.25) is 0 Å². The van der Waals surface area contributed by atoms with Gasteiger partial charge in [0.25, 0.3) is 0 Å². The molecule has 8 aromatic rings. The maximum atomic E-state index is 7.84. The van der Waals surface area contributed by atoms with Crippen molar-refractivity contribution in [3.05, 3.63) is 253 Å². The van der Waals surface area contributed by atoms with Crippen molar-refractivity contribution in [2.24, 2.45) is 0 Å². The van der Waals surface area contributed by atoms with Gasteiger partial charge in [0, 0.05) is 10.9 Å². The maximum Gasteiger partial charge on any atom is 0.399 e. The van der Waals surface area contributed by atoms with Crippen LogP contribution in [0, 0.1) is 0 Å². The van der Waals surface area contributed by atoms with Crippen LogP contribution in [0.15, 0.2) is 231 Å². The zero-order valence-corrected chi connectivity index (χ0v) is 36.3. The van der Waals surface area contributed by atoms with Gasteiger partial charge >= 0.3 is 8.60 Å². The predicted molar refractivity (Wildman–Crippen MR) is 251 cm³/mol. The van der Waals surface area contributed by atoms with Crippen LogP contribution in [0.3, 0.4) is 0 Å². The van der Waals surface area contributed by atoms with Crippen molar-refractivity contribution in [2.45, 2.75) is 43.0 Å². The van der Waals surface area contributed by atoms with Gasteiger partial charge in [-0.05, 0) is 60.2 Å². The molecule has 0 aliphatic carbocycles. The Kier molecular flexibility index (Phi) is 11.2. The van der Waals surface area contributed by atoms with Crippen LogP contribution in [0.1, 0.15) is 36.1 Å². The second-order valence-corrected chi connectivity index (χ2v) is 19.1. The van der Waals surface area contributed by atoms with Crippen molar-refractivity contribution in [1.82, 2.24) is 0 Å². The second-order valence-electron chi connectivity index (χ2n) is 15.9.